The van der Waals surface area contributed by atoms with Crippen molar-refractivity contribution in [2.45, 2.75) is 19.4 Å². The summed E-state index contributed by atoms with van der Waals surface area (Å²) in [4.78, 5) is 1.11. The zero-order valence-corrected chi connectivity index (χ0v) is 13.7. The molecule has 1 aromatic heterocycles. The summed E-state index contributed by atoms with van der Waals surface area (Å²) in [5.74, 6) is -0.241. The topological polar surface area (TPSA) is 26.0 Å². The Morgan fingerprint density at radius 2 is 2.00 bits per heavy atom. The van der Waals surface area contributed by atoms with Gasteiger partial charge >= 0.3 is 0 Å². The molecule has 1 nitrogen and oxygen atoms in total. The zero-order valence-electron chi connectivity index (χ0n) is 9.71. The first-order valence-electron chi connectivity index (χ1n) is 5.42. The number of benzene rings is 1. The van der Waals surface area contributed by atoms with Gasteiger partial charge in [-0.05, 0) is 64.7 Å². The molecule has 2 aromatic rings. The van der Waals surface area contributed by atoms with Gasteiger partial charge in [-0.2, -0.15) is 0 Å². The predicted molar refractivity (Wildman–Crippen MR) is 81.5 cm³/mol. The number of rotatable bonds is 3. The normalized spacial score (nSPS) is 12.7. The summed E-state index contributed by atoms with van der Waals surface area (Å²) in [6.07, 6.45) is 0.628. The maximum atomic E-state index is 13.3. The highest BCUT2D eigenvalue weighted by atomic mass is 79.9. The van der Waals surface area contributed by atoms with Crippen molar-refractivity contribution in [2.24, 2.45) is 5.73 Å². The fourth-order valence-electron chi connectivity index (χ4n) is 1.75. The molecule has 0 aliphatic heterocycles. The van der Waals surface area contributed by atoms with Crippen molar-refractivity contribution >= 4 is 43.2 Å². The van der Waals surface area contributed by atoms with E-state index < -0.39 is 0 Å². The Hall–Kier alpha value is -0.230. The number of halogens is 3. The summed E-state index contributed by atoms with van der Waals surface area (Å²) in [7, 11) is 0. The third-order valence-electron chi connectivity index (χ3n) is 2.62. The average molecular weight is 393 g/mol. The second kappa shape index (κ2) is 5.82. The van der Waals surface area contributed by atoms with Crippen LogP contribution in [0.2, 0.25) is 0 Å². The lowest BCUT2D eigenvalue weighted by Gasteiger charge is -2.10. The lowest BCUT2D eigenvalue weighted by molar-refractivity contribution is 0.621. The van der Waals surface area contributed by atoms with Gasteiger partial charge in [-0.25, -0.2) is 4.39 Å². The van der Waals surface area contributed by atoms with Crippen LogP contribution in [0.5, 0.6) is 0 Å². The Balaban J connectivity index is 2.18. The van der Waals surface area contributed by atoms with Gasteiger partial charge in [-0.1, -0.05) is 15.9 Å². The van der Waals surface area contributed by atoms with Crippen LogP contribution in [0.3, 0.4) is 0 Å². The minimum Gasteiger partial charge on any atom is -0.323 e. The standard InChI is InChI=1S/C13H12Br2FNS/c1-7-2-12(18-13(7)15)11(17)5-8-3-9(14)6-10(16)4-8/h2-4,6,11H,5,17H2,1H3. The Morgan fingerprint density at radius 3 is 2.56 bits per heavy atom. The summed E-state index contributed by atoms with van der Waals surface area (Å²) in [6, 6.07) is 6.85. The maximum Gasteiger partial charge on any atom is 0.124 e. The van der Waals surface area contributed by atoms with Gasteiger partial charge in [0, 0.05) is 15.4 Å². The van der Waals surface area contributed by atoms with E-state index >= 15 is 0 Å². The molecule has 2 N–H and O–H groups in total. The van der Waals surface area contributed by atoms with Crippen LogP contribution in [0.25, 0.3) is 0 Å². The molecule has 1 unspecified atom stereocenters. The van der Waals surface area contributed by atoms with E-state index in [1.807, 2.05) is 13.0 Å². The number of aryl methyl sites for hydroxylation is 1. The van der Waals surface area contributed by atoms with Gasteiger partial charge in [0.05, 0.1) is 3.79 Å². The quantitative estimate of drug-likeness (QED) is 0.784. The highest BCUT2D eigenvalue weighted by molar-refractivity contribution is 9.11. The summed E-state index contributed by atoms with van der Waals surface area (Å²) in [5.41, 5.74) is 8.25. The molecule has 0 amide bonds. The molecule has 0 radical (unpaired) electrons. The second-order valence-corrected chi connectivity index (χ2v) is 7.51. The zero-order chi connectivity index (χ0) is 13.3. The van der Waals surface area contributed by atoms with Gasteiger partial charge in [0.25, 0.3) is 0 Å². The summed E-state index contributed by atoms with van der Waals surface area (Å²) < 4.78 is 15.1. The highest BCUT2D eigenvalue weighted by Gasteiger charge is 2.12. The van der Waals surface area contributed by atoms with E-state index in [1.54, 1.807) is 11.3 Å². The number of nitrogens with two attached hydrogens (primary N) is 1. The van der Waals surface area contributed by atoms with Gasteiger partial charge in [-0.3, -0.25) is 0 Å². The first-order valence-corrected chi connectivity index (χ1v) is 7.82. The molecule has 96 valence electrons. The van der Waals surface area contributed by atoms with E-state index in [0.717, 1.165) is 18.7 Å². The molecular weight excluding hydrogens is 381 g/mol. The van der Waals surface area contributed by atoms with E-state index in [1.165, 1.54) is 17.7 Å². The van der Waals surface area contributed by atoms with Crippen LogP contribution in [-0.2, 0) is 6.42 Å². The molecule has 5 heteroatoms. The molecule has 0 aliphatic rings. The Bertz CT molecular complexity index is 528. The van der Waals surface area contributed by atoms with Crippen molar-refractivity contribution in [3.05, 3.63) is 54.3 Å². The van der Waals surface area contributed by atoms with Crippen LogP contribution >= 0.6 is 43.2 Å². The van der Waals surface area contributed by atoms with Gasteiger partial charge in [0.15, 0.2) is 0 Å². The monoisotopic (exact) mass is 391 g/mol. The van der Waals surface area contributed by atoms with E-state index in [0.29, 0.717) is 6.42 Å². The van der Waals surface area contributed by atoms with Crippen LogP contribution in [0.1, 0.15) is 22.0 Å². The van der Waals surface area contributed by atoms with Gasteiger partial charge in [0.2, 0.25) is 0 Å². The second-order valence-electron chi connectivity index (χ2n) is 4.19. The Morgan fingerprint density at radius 1 is 1.28 bits per heavy atom. The van der Waals surface area contributed by atoms with Gasteiger partial charge in [-0.15, -0.1) is 11.3 Å². The fourth-order valence-corrected chi connectivity index (χ4v) is 3.83. The minimum absolute atomic E-state index is 0.103. The van der Waals surface area contributed by atoms with Gasteiger partial charge < -0.3 is 5.73 Å². The number of hydrogen-bond acceptors (Lipinski definition) is 2. The van der Waals surface area contributed by atoms with Crippen molar-refractivity contribution < 1.29 is 4.39 Å². The van der Waals surface area contributed by atoms with Crippen molar-refractivity contribution in [1.29, 1.82) is 0 Å². The Labute approximate surface area is 126 Å². The molecule has 1 heterocycles. The minimum atomic E-state index is -0.241. The van der Waals surface area contributed by atoms with Crippen molar-refractivity contribution in [3.8, 4) is 0 Å². The maximum absolute atomic E-state index is 13.3. The first kappa shape index (κ1) is 14.2. The summed E-state index contributed by atoms with van der Waals surface area (Å²) >= 11 is 8.41. The highest BCUT2D eigenvalue weighted by Crippen LogP contribution is 2.32. The van der Waals surface area contributed by atoms with E-state index in [9.17, 15) is 4.39 Å². The average Bonchev–Trinajstić information content (AvgIpc) is 2.57. The number of thiophene rings is 1. The molecule has 2 rings (SSSR count). The molecule has 0 saturated carbocycles. The van der Waals surface area contributed by atoms with E-state index in [-0.39, 0.29) is 11.9 Å². The predicted octanol–water partition coefficient (Wildman–Crippen LogP) is 4.96. The summed E-state index contributed by atoms with van der Waals surface area (Å²) in [6.45, 7) is 2.04. The molecule has 0 fully saturated rings. The third-order valence-corrected chi connectivity index (χ3v) is 5.35. The van der Waals surface area contributed by atoms with Crippen LogP contribution in [-0.4, -0.2) is 0 Å². The molecule has 1 atom stereocenters. The molecule has 0 saturated heterocycles. The van der Waals surface area contributed by atoms with Crippen LogP contribution in [0.4, 0.5) is 4.39 Å². The largest absolute Gasteiger partial charge is 0.323 e. The van der Waals surface area contributed by atoms with E-state index in [2.05, 4.69) is 37.9 Å². The first-order chi connectivity index (χ1) is 8.45. The smallest absolute Gasteiger partial charge is 0.124 e. The molecule has 0 bridgehead atoms. The molecule has 1 aromatic carbocycles. The van der Waals surface area contributed by atoms with Crippen LogP contribution < -0.4 is 5.73 Å². The van der Waals surface area contributed by atoms with Crippen molar-refractivity contribution in [2.75, 3.05) is 0 Å². The summed E-state index contributed by atoms with van der Waals surface area (Å²) in [5, 5.41) is 0. The molecule has 0 spiro atoms. The third kappa shape index (κ3) is 3.41. The fraction of sp³-hybridized carbons (Fsp3) is 0.231. The van der Waals surface area contributed by atoms with Crippen LogP contribution in [0, 0.1) is 12.7 Å². The Kier molecular flexibility index (Phi) is 4.59. The van der Waals surface area contributed by atoms with Gasteiger partial charge in [0.1, 0.15) is 5.82 Å². The molecule has 0 aliphatic carbocycles. The van der Waals surface area contributed by atoms with E-state index in [4.69, 9.17) is 5.73 Å². The number of hydrogen-bond donors (Lipinski definition) is 1. The van der Waals surface area contributed by atoms with Crippen molar-refractivity contribution in [3.63, 3.8) is 0 Å². The lowest BCUT2D eigenvalue weighted by atomic mass is 10.1. The van der Waals surface area contributed by atoms with Crippen LogP contribution in [0.15, 0.2) is 32.5 Å². The SMILES string of the molecule is Cc1cc(C(N)Cc2cc(F)cc(Br)c2)sc1Br. The lowest BCUT2D eigenvalue weighted by Crippen LogP contribution is -2.11. The molecule has 18 heavy (non-hydrogen) atoms. The van der Waals surface area contributed by atoms with Crippen molar-refractivity contribution in [1.82, 2.24) is 0 Å². The molecular formula is C13H12Br2FNS.